The van der Waals surface area contributed by atoms with Gasteiger partial charge in [-0.1, -0.05) is 31.2 Å². The number of benzene rings is 2. The van der Waals surface area contributed by atoms with E-state index in [9.17, 15) is 13.2 Å². The summed E-state index contributed by atoms with van der Waals surface area (Å²) in [6.07, 6.45) is 1.21. The highest BCUT2D eigenvalue weighted by Crippen LogP contribution is 2.40. The van der Waals surface area contributed by atoms with Crippen molar-refractivity contribution in [2.24, 2.45) is 0 Å². The van der Waals surface area contributed by atoms with Gasteiger partial charge in [-0.3, -0.25) is 4.79 Å². The van der Waals surface area contributed by atoms with E-state index in [0.717, 1.165) is 11.1 Å². The number of carbonyl (C=O) groups excluding carboxylic acids is 1. The average molecular weight is 373 g/mol. The Morgan fingerprint density at radius 2 is 1.77 bits per heavy atom. The number of carbonyl (C=O) groups is 1. The summed E-state index contributed by atoms with van der Waals surface area (Å²) in [6, 6.07) is 11.9. The Morgan fingerprint density at radius 1 is 1.12 bits per heavy atom. The Hall–Kier alpha value is -2.34. The summed E-state index contributed by atoms with van der Waals surface area (Å²) in [5, 5.41) is 2.96. The number of hydrogen-bond donors (Lipinski definition) is 1. The Balaban J connectivity index is 1.79. The van der Waals surface area contributed by atoms with E-state index in [1.165, 1.54) is 6.26 Å². The molecule has 0 aliphatic carbocycles. The van der Waals surface area contributed by atoms with Gasteiger partial charge in [0.1, 0.15) is 11.9 Å². The molecule has 0 unspecified atom stereocenters. The molecule has 3 rings (SSSR count). The van der Waals surface area contributed by atoms with Crippen LogP contribution in [0.4, 0.5) is 0 Å². The minimum Gasteiger partial charge on any atom is -0.489 e. The van der Waals surface area contributed by atoms with E-state index < -0.39 is 9.84 Å². The second-order valence-corrected chi connectivity index (χ2v) is 8.89. The minimum absolute atomic E-state index is 0.0416. The zero-order valence-electron chi connectivity index (χ0n) is 15.3. The quantitative estimate of drug-likeness (QED) is 0.891. The molecule has 3 atom stereocenters. The molecular weight excluding hydrogens is 350 g/mol. The first-order valence-electron chi connectivity index (χ1n) is 8.59. The largest absolute Gasteiger partial charge is 0.489 e. The predicted octanol–water partition coefficient (Wildman–Crippen LogP) is 3.47. The van der Waals surface area contributed by atoms with Gasteiger partial charge in [-0.05, 0) is 37.6 Å². The molecule has 0 radical (unpaired) electrons. The van der Waals surface area contributed by atoms with Crippen molar-refractivity contribution in [2.45, 2.75) is 43.7 Å². The third-order valence-electron chi connectivity index (χ3n) is 4.94. The Morgan fingerprint density at radius 3 is 2.38 bits per heavy atom. The number of sulfone groups is 1. The summed E-state index contributed by atoms with van der Waals surface area (Å²) < 4.78 is 29.0. The van der Waals surface area contributed by atoms with Crippen LogP contribution in [0.3, 0.4) is 0 Å². The van der Waals surface area contributed by atoms with Gasteiger partial charge in [-0.2, -0.15) is 0 Å². The van der Waals surface area contributed by atoms with Gasteiger partial charge in [0.15, 0.2) is 9.84 Å². The lowest BCUT2D eigenvalue weighted by Crippen LogP contribution is -2.27. The van der Waals surface area contributed by atoms with Crippen LogP contribution in [0.15, 0.2) is 47.4 Å². The fourth-order valence-corrected chi connectivity index (χ4v) is 3.76. The van der Waals surface area contributed by atoms with Gasteiger partial charge in [0.25, 0.3) is 5.91 Å². The van der Waals surface area contributed by atoms with Crippen LogP contribution in [0.2, 0.25) is 0 Å². The number of para-hydroxylation sites is 1. The molecule has 0 fully saturated rings. The molecule has 1 aliphatic rings. The van der Waals surface area contributed by atoms with Crippen LogP contribution < -0.4 is 10.1 Å². The van der Waals surface area contributed by atoms with Crippen LogP contribution in [0.1, 0.15) is 54.2 Å². The lowest BCUT2D eigenvalue weighted by Gasteiger charge is -2.16. The van der Waals surface area contributed by atoms with Crippen molar-refractivity contribution in [3.63, 3.8) is 0 Å². The Kier molecular flexibility index (Phi) is 4.80. The fraction of sp³-hybridized carbons (Fsp3) is 0.350. The molecule has 0 bridgehead atoms. The van der Waals surface area contributed by atoms with Gasteiger partial charge in [0.2, 0.25) is 0 Å². The maximum absolute atomic E-state index is 12.7. The van der Waals surface area contributed by atoms with Crippen molar-refractivity contribution in [2.75, 3.05) is 6.26 Å². The number of amides is 1. The van der Waals surface area contributed by atoms with Crippen LogP contribution in [0, 0.1) is 0 Å². The molecule has 1 amide bonds. The van der Waals surface area contributed by atoms with E-state index in [4.69, 9.17) is 4.74 Å². The number of fused-ring (bicyclic) bond motifs is 1. The van der Waals surface area contributed by atoms with Gasteiger partial charge >= 0.3 is 0 Å². The van der Waals surface area contributed by atoms with Crippen LogP contribution >= 0.6 is 0 Å². The summed E-state index contributed by atoms with van der Waals surface area (Å²) in [5.74, 6) is 0.700. The molecule has 5 nitrogen and oxygen atoms in total. The average Bonchev–Trinajstić information content (AvgIpc) is 2.88. The van der Waals surface area contributed by atoms with Crippen molar-refractivity contribution in [1.29, 1.82) is 0 Å². The molecule has 6 heteroatoms. The van der Waals surface area contributed by atoms with Gasteiger partial charge in [0.05, 0.1) is 16.5 Å². The van der Waals surface area contributed by atoms with Gasteiger partial charge < -0.3 is 10.1 Å². The molecule has 2 aromatic carbocycles. The van der Waals surface area contributed by atoms with Crippen LogP contribution in [0.5, 0.6) is 5.75 Å². The Bertz CT molecular complexity index is 935. The van der Waals surface area contributed by atoms with E-state index in [0.29, 0.717) is 11.3 Å². The fourth-order valence-electron chi connectivity index (χ4n) is 3.13. The standard InChI is InChI=1S/C20H23NO4S/c1-12-14(3)25-19-17(12)6-5-7-18(19)20(22)21-13(2)15-8-10-16(11-9-15)26(4,23)24/h5-14H,1-4H3,(H,21,22)/t12-,13-,14-/m0/s1. The monoisotopic (exact) mass is 373 g/mol. The number of rotatable bonds is 4. The maximum atomic E-state index is 12.7. The molecular formula is C20H23NO4S. The lowest BCUT2D eigenvalue weighted by molar-refractivity contribution is 0.0935. The normalized spacial score (nSPS) is 20.2. The van der Waals surface area contributed by atoms with Crippen molar-refractivity contribution < 1.29 is 17.9 Å². The zero-order chi connectivity index (χ0) is 19.1. The van der Waals surface area contributed by atoms with Crippen molar-refractivity contribution in [3.8, 4) is 5.75 Å². The molecule has 0 saturated heterocycles. The van der Waals surface area contributed by atoms with Crippen LogP contribution in [-0.4, -0.2) is 26.7 Å². The molecule has 138 valence electrons. The van der Waals surface area contributed by atoms with E-state index >= 15 is 0 Å². The summed E-state index contributed by atoms with van der Waals surface area (Å²) >= 11 is 0. The molecule has 0 spiro atoms. The number of ether oxygens (including phenoxy) is 1. The summed E-state index contributed by atoms with van der Waals surface area (Å²) in [6.45, 7) is 5.95. The smallest absolute Gasteiger partial charge is 0.255 e. The third-order valence-corrected chi connectivity index (χ3v) is 6.07. The van der Waals surface area contributed by atoms with Gasteiger partial charge in [-0.25, -0.2) is 8.42 Å². The number of hydrogen-bond acceptors (Lipinski definition) is 4. The highest BCUT2D eigenvalue weighted by molar-refractivity contribution is 7.90. The van der Waals surface area contributed by atoms with E-state index in [1.807, 2.05) is 26.0 Å². The zero-order valence-corrected chi connectivity index (χ0v) is 16.1. The molecule has 1 aliphatic heterocycles. The summed E-state index contributed by atoms with van der Waals surface area (Å²) in [4.78, 5) is 13.0. The predicted molar refractivity (Wildman–Crippen MR) is 100 cm³/mol. The highest BCUT2D eigenvalue weighted by Gasteiger charge is 2.31. The molecule has 1 N–H and O–H groups in total. The minimum atomic E-state index is -3.23. The van der Waals surface area contributed by atoms with Crippen molar-refractivity contribution >= 4 is 15.7 Å². The second kappa shape index (κ2) is 6.76. The van der Waals surface area contributed by atoms with E-state index in [2.05, 4.69) is 12.2 Å². The second-order valence-electron chi connectivity index (χ2n) is 6.87. The van der Waals surface area contributed by atoms with E-state index in [1.54, 1.807) is 30.3 Å². The third kappa shape index (κ3) is 3.46. The molecule has 26 heavy (non-hydrogen) atoms. The van der Waals surface area contributed by atoms with Crippen LogP contribution in [-0.2, 0) is 9.84 Å². The first kappa shape index (κ1) is 18.5. The summed E-state index contributed by atoms with van der Waals surface area (Å²) in [5.41, 5.74) is 2.41. The maximum Gasteiger partial charge on any atom is 0.255 e. The van der Waals surface area contributed by atoms with Gasteiger partial charge in [-0.15, -0.1) is 0 Å². The Labute approximate surface area is 154 Å². The topological polar surface area (TPSA) is 72.5 Å². The first-order valence-corrected chi connectivity index (χ1v) is 10.5. The van der Waals surface area contributed by atoms with Crippen molar-refractivity contribution in [3.05, 3.63) is 59.2 Å². The lowest BCUT2D eigenvalue weighted by atomic mass is 9.96. The number of nitrogens with one attached hydrogen (secondary N) is 1. The highest BCUT2D eigenvalue weighted by atomic mass is 32.2. The first-order chi connectivity index (χ1) is 12.2. The molecule has 0 saturated carbocycles. The van der Waals surface area contributed by atoms with Gasteiger partial charge in [0, 0.05) is 17.7 Å². The molecule has 1 heterocycles. The SMILES string of the molecule is C[C@H](NC(=O)c1cccc2c1O[C@@H](C)[C@@H]2C)c1ccc(S(C)(=O)=O)cc1. The van der Waals surface area contributed by atoms with E-state index in [-0.39, 0.29) is 28.9 Å². The molecule has 2 aromatic rings. The summed E-state index contributed by atoms with van der Waals surface area (Å²) in [7, 11) is -3.23. The van der Waals surface area contributed by atoms with Crippen molar-refractivity contribution in [1.82, 2.24) is 5.32 Å². The van der Waals surface area contributed by atoms with Crippen LogP contribution in [0.25, 0.3) is 0 Å². The molecule has 0 aromatic heterocycles.